The van der Waals surface area contributed by atoms with Gasteiger partial charge >= 0.3 is 0 Å². The molecule has 0 aliphatic rings. The minimum atomic E-state index is 0. The first-order valence-electron chi connectivity index (χ1n) is 6.26. The summed E-state index contributed by atoms with van der Waals surface area (Å²) in [6.45, 7) is 8.71. The number of rotatable bonds is 6. The second-order valence-electron chi connectivity index (χ2n) is 4.42. The highest BCUT2D eigenvalue weighted by Gasteiger charge is 2.05. The Balaban J connectivity index is 0. The van der Waals surface area contributed by atoms with Gasteiger partial charge in [-0.05, 0) is 27.2 Å². The fraction of sp³-hybridized carbons (Fsp3) is 0.833. The molecule has 0 saturated carbocycles. The number of carbonyl (C=O) groups excluding carboxylic acids is 1. The van der Waals surface area contributed by atoms with E-state index in [0.717, 1.165) is 12.4 Å². The molecular formula is C12H27IN4O. The van der Waals surface area contributed by atoms with E-state index >= 15 is 0 Å². The summed E-state index contributed by atoms with van der Waals surface area (Å²) < 4.78 is 0. The normalized spacial score (nSPS) is 12.7. The van der Waals surface area contributed by atoms with Crippen LogP contribution in [0.2, 0.25) is 0 Å². The first-order chi connectivity index (χ1) is 7.99. The smallest absolute Gasteiger partial charge is 0.221 e. The fourth-order valence-electron chi connectivity index (χ4n) is 1.22. The van der Waals surface area contributed by atoms with Crippen LogP contribution in [0.15, 0.2) is 4.99 Å². The zero-order valence-corrected chi connectivity index (χ0v) is 14.4. The number of hydrogen-bond acceptors (Lipinski definition) is 2. The number of carbonyl (C=O) groups is 1. The second kappa shape index (κ2) is 11.6. The van der Waals surface area contributed by atoms with Crippen molar-refractivity contribution in [2.75, 3.05) is 13.6 Å². The number of aliphatic imine (C=N–C) groups is 1. The topological polar surface area (TPSA) is 65.5 Å². The lowest BCUT2D eigenvalue weighted by Gasteiger charge is -2.16. The lowest BCUT2D eigenvalue weighted by molar-refractivity contribution is -0.121. The first-order valence-corrected chi connectivity index (χ1v) is 6.26. The molecule has 0 spiro atoms. The molecule has 0 aliphatic heterocycles. The van der Waals surface area contributed by atoms with E-state index in [4.69, 9.17) is 0 Å². The minimum absolute atomic E-state index is 0. The Morgan fingerprint density at radius 3 is 2.28 bits per heavy atom. The van der Waals surface area contributed by atoms with Crippen LogP contribution in [0.25, 0.3) is 0 Å². The molecule has 0 radical (unpaired) electrons. The van der Waals surface area contributed by atoms with E-state index in [1.54, 1.807) is 7.05 Å². The van der Waals surface area contributed by atoms with E-state index in [2.05, 4.69) is 34.8 Å². The highest BCUT2D eigenvalue weighted by atomic mass is 127. The van der Waals surface area contributed by atoms with Crippen LogP contribution >= 0.6 is 24.0 Å². The van der Waals surface area contributed by atoms with Crippen LogP contribution in [0.4, 0.5) is 0 Å². The number of nitrogens with one attached hydrogen (secondary N) is 3. The second-order valence-corrected chi connectivity index (χ2v) is 4.42. The number of halogens is 1. The molecule has 108 valence electrons. The summed E-state index contributed by atoms with van der Waals surface area (Å²) in [6.07, 6.45) is 1.49. The largest absolute Gasteiger partial charge is 0.356 e. The third-order valence-corrected chi connectivity index (χ3v) is 2.31. The molecule has 0 aromatic carbocycles. The maximum absolute atomic E-state index is 11.4. The summed E-state index contributed by atoms with van der Waals surface area (Å²) in [5.41, 5.74) is 0. The predicted molar refractivity (Wildman–Crippen MR) is 87.6 cm³/mol. The third-order valence-electron chi connectivity index (χ3n) is 2.31. The molecule has 0 aromatic heterocycles. The molecule has 1 unspecified atom stereocenters. The number of guanidine groups is 1. The Morgan fingerprint density at radius 1 is 1.22 bits per heavy atom. The van der Waals surface area contributed by atoms with Crippen LogP contribution in [-0.2, 0) is 4.79 Å². The van der Waals surface area contributed by atoms with E-state index in [1.165, 1.54) is 0 Å². The van der Waals surface area contributed by atoms with Crippen molar-refractivity contribution >= 4 is 35.8 Å². The Kier molecular flexibility index (Phi) is 12.7. The lowest BCUT2D eigenvalue weighted by atomic mass is 10.3. The summed E-state index contributed by atoms with van der Waals surface area (Å²) in [4.78, 5) is 15.5. The van der Waals surface area contributed by atoms with Crippen LogP contribution in [0.3, 0.4) is 0 Å². The quantitative estimate of drug-likeness (QED) is 0.377. The molecule has 0 fully saturated rings. The Hall–Kier alpha value is -0.530. The zero-order chi connectivity index (χ0) is 13.3. The van der Waals surface area contributed by atoms with Crippen molar-refractivity contribution in [2.24, 2.45) is 4.99 Å². The molecule has 0 rings (SSSR count). The molecule has 3 N–H and O–H groups in total. The third kappa shape index (κ3) is 10.6. The maximum Gasteiger partial charge on any atom is 0.221 e. The van der Waals surface area contributed by atoms with Gasteiger partial charge in [0.1, 0.15) is 0 Å². The average molecular weight is 370 g/mol. The van der Waals surface area contributed by atoms with E-state index in [9.17, 15) is 4.79 Å². The van der Waals surface area contributed by atoms with Gasteiger partial charge in [-0.15, -0.1) is 24.0 Å². The minimum Gasteiger partial charge on any atom is -0.356 e. The highest BCUT2D eigenvalue weighted by molar-refractivity contribution is 14.0. The molecule has 0 aliphatic carbocycles. The van der Waals surface area contributed by atoms with E-state index < -0.39 is 0 Å². The molecule has 6 heteroatoms. The molecule has 5 nitrogen and oxygen atoms in total. The van der Waals surface area contributed by atoms with Gasteiger partial charge in [0.15, 0.2) is 5.96 Å². The highest BCUT2D eigenvalue weighted by Crippen LogP contribution is 1.87. The van der Waals surface area contributed by atoms with Crippen molar-refractivity contribution in [3.63, 3.8) is 0 Å². The molecule has 0 bridgehead atoms. The van der Waals surface area contributed by atoms with Crippen molar-refractivity contribution in [2.45, 2.75) is 52.6 Å². The van der Waals surface area contributed by atoms with Crippen LogP contribution in [0.5, 0.6) is 0 Å². The van der Waals surface area contributed by atoms with E-state index in [0.29, 0.717) is 19.0 Å². The van der Waals surface area contributed by atoms with Crippen molar-refractivity contribution < 1.29 is 4.79 Å². The standard InChI is InChI=1S/C12H26N4O.HI/c1-6-10(4)16-12(13-5)14-8-7-11(17)15-9(2)3;/h9-10H,6-8H2,1-5H3,(H,15,17)(H2,13,14,16);1H. The van der Waals surface area contributed by atoms with Gasteiger partial charge in [0.25, 0.3) is 0 Å². The van der Waals surface area contributed by atoms with Gasteiger partial charge in [-0.1, -0.05) is 6.92 Å². The van der Waals surface area contributed by atoms with Crippen LogP contribution < -0.4 is 16.0 Å². The van der Waals surface area contributed by atoms with Crippen molar-refractivity contribution in [3.05, 3.63) is 0 Å². The van der Waals surface area contributed by atoms with Crippen molar-refractivity contribution in [1.29, 1.82) is 0 Å². The Morgan fingerprint density at radius 2 is 1.83 bits per heavy atom. The SMILES string of the molecule is CCC(C)NC(=NC)NCCC(=O)NC(C)C.I. The Bertz CT molecular complexity index is 256. The van der Waals surface area contributed by atoms with Gasteiger partial charge in [-0.3, -0.25) is 9.79 Å². The van der Waals surface area contributed by atoms with Gasteiger partial charge in [0.05, 0.1) is 0 Å². The molecule has 0 heterocycles. The molecule has 0 saturated heterocycles. The van der Waals surface area contributed by atoms with E-state index in [-0.39, 0.29) is 35.9 Å². The van der Waals surface area contributed by atoms with Gasteiger partial charge in [-0.25, -0.2) is 0 Å². The maximum atomic E-state index is 11.4. The summed E-state index contributed by atoms with van der Waals surface area (Å²) in [7, 11) is 1.73. The average Bonchev–Trinajstić information content (AvgIpc) is 2.26. The zero-order valence-electron chi connectivity index (χ0n) is 12.0. The van der Waals surface area contributed by atoms with Gasteiger partial charge < -0.3 is 16.0 Å². The summed E-state index contributed by atoms with van der Waals surface area (Å²) in [5.74, 6) is 0.809. The van der Waals surface area contributed by atoms with Crippen LogP contribution in [-0.4, -0.2) is 37.5 Å². The molecular weight excluding hydrogens is 343 g/mol. The molecule has 1 atom stereocenters. The summed E-state index contributed by atoms with van der Waals surface area (Å²) in [6, 6.07) is 0.575. The predicted octanol–water partition coefficient (Wildman–Crippen LogP) is 1.48. The molecule has 1 amide bonds. The summed E-state index contributed by atoms with van der Waals surface area (Å²) >= 11 is 0. The van der Waals surface area contributed by atoms with Gasteiger partial charge in [-0.2, -0.15) is 0 Å². The Labute approximate surface area is 128 Å². The number of nitrogens with zero attached hydrogens (tertiary/aromatic N) is 1. The molecule has 0 aromatic rings. The lowest BCUT2D eigenvalue weighted by Crippen LogP contribution is -2.43. The first kappa shape index (κ1) is 19.8. The van der Waals surface area contributed by atoms with E-state index in [1.807, 2.05) is 13.8 Å². The van der Waals surface area contributed by atoms with Gasteiger partial charge in [0, 0.05) is 32.1 Å². The monoisotopic (exact) mass is 370 g/mol. The van der Waals surface area contributed by atoms with Crippen molar-refractivity contribution in [1.82, 2.24) is 16.0 Å². The fourth-order valence-corrected chi connectivity index (χ4v) is 1.22. The summed E-state index contributed by atoms with van der Waals surface area (Å²) in [5, 5.41) is 9.20. The van der Waals surface area contributed by atoms with Crippen molar-refractivity contribution in [3.8, 4) is 0 Å². The van der Waals surface area contributed by atoms with Crippen LogP contribution in [0, 0.1) is 0 Å². The number of hydrogen-bond donors (Lipinski definition) is 3. The van der Waals surface area contributed by atoms with Gasteiger partial charge in [0.2, 0.25) is 5.91 Å². The number of amides is 1. The molecule has 18 heavy (non-hydrogen) atoms. The van der Waals surface area contributed by atoms with Crippen LogP contribution in [0.1, 0.15) is 40.5 Å².